The maximum atomic E-state index is 12.1. The van der Waals surface area contributed by atoms with Gasteiger partial charge in [-0.2, -0.15) is 5.10 Å². The molecule has 4 nitrogen and oxygen atoms in total. The Hall–Kier alpha value is -1.72. The first kappa shape index (κ1) is 10.4. The highest BCUT2D eigenvalue weighted by molar-refractivity contribution is 6.15. The van der Waals surface area contributed by atoms with Crippen LogP contribution in [0.1, 0.15) is 5.69 Å². The SMILES string of the molecule is COC(=O)C(=CC(F)F)c1cc[nH]n1. The highest BCUT2D eigenvalue weighted by atomic mass is 19.3. The molecule has 0 atom stereocenters. The number of carbonyl (C=O) groups is 1. The summed E-state index contributed by atoms with van der Waals surface area (Å²) in [6.07, 6.45) is -0.791. The summed E-state index contributed by atoms with van der Waals surface area (Å²) < 4.78 is 28.4. The van der Waals surface area contributed by atoms with Crippen molar-refractivity contribution in [1.29, 1.82) is 0 Å². The molecule has 1 aromatic heterocycles. The van der Waals surface area contributed by atoms with E-state index in [2.05, 4.69) is 14.9 Å². The molecule has 1 N–H and O–H groups in total. The lowest BCUT2D eigenvalue weighted by Gasteiger charge is -2.01. The van der Waals surface area contributed by atoms with E-state index in [1.54, 1.807) is 0 Å². The van der Waals surface area contributed by atoms with E-state index in [-0.39, 0.29) is 11.3 Å². The van der Waals surface area contributed by atoms with Crippen LogP contribution in [-0.2, 0) is 9.53 Å². The maximum absolute atomic E-state index is 12.1. The molecule has 6 heteroatoms. The fourth-order valence-electron chi connectivity index (χ4n) is 0.904. The molecule has 0 saturated heterocycles. The third kappa shape index (κ3) is 2.38. The summed E-state index contributed by atoms with van der Waals surface area (Å²) in [5.74, 6) is -0.836. The normalized spacial score (nSPS) is 11.9. The Morgan fingerprint density at radius 2 is 2.43 bits per heavy atom. The zero-order valence-electron chi connectivity index (χ0n) is 7.33. The van der Waals surface area contributed by atoms with Crippen LogP contribution in [0.25, 0.3) is 5.57 Å². The van der Waals surface area contributed by atoms with Gasteiger partial charge in [-0.1, -0.05) is 0 Å². The topological polar surface area (TPSA) is 55.0 Å². The van der Waals surface area contributed by atoms with E-state index in [4.69, 9.17) is 0 Å². The molecule has 1 aromatic rings. The molecule has 0 aliphatic carbocycles. The first-order chi connectivity index (χ1) is 6.65. The number of H-pyrrole nitrogens is 1. The molecule has 0 amide bonds. The molecule has 0 aromatic carbocycles. The molecule has 0 fully saturated rings. The number of ether oxygens (including phenoxy) is 1. The quantitative estimate of drug-likeness (QED) is 0.592. The second-order valence-corrected chi connectivity index (χ2v) is 2.37. The lowest BCUT2D eigenvalue weighted by atomic mass is 10.2. The molecule has 1 rings (SSSR count). The van der Waals surface area contributed by atoms with E-state index in [9.17, 15) is 13.6 Å². The highest BCUT2D eigenvalue weighted by Gasteiger charge is 2.16. The van der Waals surface area contributed by atoms with Crippen molar-refractivity contribution in [3.05, 3.63) is 24.0 Å². The number of rotatable bonds is 3. The Morgan fingerprint density at radius 3 is 2.86 bits per heavy atom. The predicted molar refractivity (Wildman–Crippen MR) is 44.6 cm³/mol. The molecule has 76 valence electrons. The van der Waals surface area contributed by atoms with E-state index in [1.165, 1.54) is 12.3 Å². The summed E-state index contributed by atoms with van der Waals surface area (Å²) in [4.78, 5) is 11.1. The van der Waals surface area contributed by atoms with Gasteiger partial charge in [0.25, 0.3) is 6.43 Å². The molecular formula is C8H8F2N2O2. The molecule has 0 radical (unpaired) electrons. The van der Waals surface area contributed by atoms with Crippen molar-refractivity contribution >= 4 is 11.5 Å². The van der Waals surface area contributed by atoms with Crippen molar-refractivity contribution in [3.63, 3.8) is 0 Å². The van der Waals surface area contributed by atoms with Gasteiger partial charge >= 0.3 is 5.97 Å². The van der Waals surface area contributed by atoms with Crippen LogP contribution in [-0.4, -0.2) is 29.7 Å². The van der Waals surface area contributed by atoms with Crippen LogP contribution in [0.3, 0.4) is 0 Å². The number of hydrogen-bond donors (Lipinski definition) is 1. The van der Waals surface area contributed by atoms with Gasteiger partial charge in [0.1, 0.15) is 0 Å². The average Bonchev–Trinajstić information content (AvgIpc) is 2.65. The highest BCUT2D eigenvalue weighted by Crippen LogP contribution is 2.15. The summed E-state index contributed by atoms with van der Waals surface area (Å²) in [6, 6.07) is 1.41. The van der Waals surface area contributed by atoms with Crippen molar-refractivity contribution in [3.8, 4) is 0 Å². The number of esters is 1. The Kier molecular flexibility index (Phi) is 3.33. The minimum atomic E-state index is -2.72. The molecule has 0 spiro atoms. The summed E-state index contributed by atoms with van der Waals surface area (Å²) in [6.45, 7) is 0. The zero-order chi connectivity index (χ0) is 10.6. The minimum Gasteiger partial charge on any atom is -0.465 e. The largest absolute Gasteiger partial charge is 0.465 e. The van der Waals surface area contributed by atoms with Crippen molar-refractivity contribution in [2.24, 2.45) is 0 Å². The fraction of sp³-hybridized carbons (Fsp3) is 0.250. The summed E-state index contributed by atoms with van der Waals surface area (Å²) >= 11 is 0. The Balaban J connectivity index is 3.00. The van der Waals surface area contributed by atoms with Gasteiger partial charge in [-0.15, -0.1) is 0 Å². The number of aromatic nitrogens is 2. The van der Waals surface area contributed by atoms with Gasteiger partial charge in [-0.3, -0.25) is 5.10 Å². The monoisotopic (exact) mass is 202 g/mol. The number of halogens is 2. The van der Waals surface area contributed by atoms with Crippen LogP contribution in [0.2, 0.25) is 0 Å². The van der Waals surface area contributed by atoms with E-state index in [0.29, 0.717) is 6.08 Å². The second kappa shape index (κ2) is 4.50. The van der Waals surface area contributed by atoms with Crippen molar-refractivity contribution in [1.82, 2.24) is 10.2 Å². The van der Waals surface area contributed by atoms with Crippen LogP contribution < -0.4 is 0 Å². The van der Waals surface area contributed by atoms with E-state index in [1.807, 2.05) is 0 Å². The van der Waals surface area contributed by atoms with Crippen molar-refractivity contribution < 1.29 is 18.3 Å². The van der Waals surface area contributed by atoms with Crippen LogP contribution in [0.4, 0.5) is 8.78 Å². The second-order valence-electron chi connectivity index (χ2n) is 2.37. The molecule has 0 aliphatic rings. The first-order valence-electron chi connectivity index (χ1n) is 3.73. The standard InChI is InChI=1S/C8H8F2N2O2/c1-14-8(13)5(4-7(9)10)6-2-3-11-12-6/h2-4,7H,1H3,(H,11,12). The zero-order valence-corrected chi connectivity index (χ0v) is 7.33. The van der Waals surface area contributed by atoms with Crippen LogP contribution in [0.15, 0.2) is 18.3 Å². The fourth-order valence-corrected chi connectivity index (χ4v) is 0.904. The summed E-state index contributed by atoms with van der Waals surface area (Å²) in [7, 11) is 1.12. The van der Waals surface area contributed by atoms with Gasteiger partial charge in [0.15, 0.2) is 0 Å². The first-order valence-corrected chi connectivity index (χ1v) is 3.73. The third-order valence-electron chi connectivity index (χ3n) is 1.47. The van der Waals surface area contributed by atoms with Gasteiger partial charge in [-0.25, -0.2) is 13.6 Å². The minimum absolute atomic E-state index is 0.136. The average molecular weight is 202 g/mol. The van der Waals surface area contributed by atoms with E-state index >= 15 is 0 Å². The van der Waals surface area contributed by atoms with Crippen LogP contribution in [0.5, 0.6) is 0 Å². The van der Waals surface area contributed by atoms with E-state index < -0.39 is 12.4 Å². The molecule has 0 aliphatic heterocycles. The molecule has 1 heterocycles. The number of aromatic amines is 1. The lowest BCUT2D eigenvalue weighted by molar-refractivity contribution is -0.133. The molecule has 0 bridgehead atoms. The van der Waals surface area contributed by atoms with Gasteiger partial charge in [-0.05, 0) is 12.1 Å². The lowest BCUT2D eigenvalue weighted by Crippen LogP contribution is -2.06. The molecular weight excluding hydrogens is 194 g/mol. The molecule has 0 unspecified atom stereocenters. The summed E-state index contributed by atoms with van der Waals surface area (Å²) in [5, 5.41) is 6.03. The molecule has 14 heavy (non-hydrogen) atoms. The smallest absolute Gasteiger partial charge is 0.340 e. The third-order valence-corrected chi connectivity index (χ3v) is 1.47. The van der Waals surface area contributed by atoms with Gasteiger partial charge in [0.05, 0.1) is 18.4 Å². The van der Waals surface area contributed by atoms with Crippen molar-refractivity contribution in [2.75, 3.05) is 7.11 Å². The Bertz CT molecular complexity index is 333. The number of carbonyl (C=O) groups excluding carboxylic acids is 1. The number of nitrogens with zero attached hydrogens (tertiary/aromatic N) is 1. The number of nitrogens with one attached hydrogen (secondary N) is 1. The number of allylic oxidation sites excluding steroid dienone is 1. The van der Waals surface area contributed by atoms with Crippen molar-refractivity contribution in [2.45, 2.75) is 6.43 Å². The van der Waals surface area contributed by atoms with Gasteiger partial charge < -0.3 is 4.74 Å². The Labute approximate surface area is 78.6 Å². The maximum Gasteiger partial charge on any atom is 0.340 e. The van der Waals surface area contributed by atoms with Gasteiger partial charge in [0, 0.05) is 6.20 Å². The molecule has 0 saturated carbocycles. The number of methoxy groups -OCH3 is 1. The number of hydrogen-bond acceptors (Lipinski definition) is 3. The van der Waals surface area contributed by atoms with E-state index in [0.717, 1.165) is 7.11 Å². The van der Waals surface area contributed by atoms with Crippen LogP contribution in [0, 0.1) is 0 Å². The van der Waals surface area contributed by atoms with Crippen LogP contribution >= 0.6 is 0 Å². The van der Waals surface area contributed by atoms with Gasteiger partial charge in [0.2, 0.25) is 0 Å². The number of alkyl halides is 2. The Morgan fingerprint density at radius 1 is 1.71 bits per heavy atom. The summed E-state index contributed by atoms with van der Waals surface area (Å²) in [5.41, 5.74) is -0.110. The predicted octanol–water partition coefficient (Wildman–Crippen LogP) is 1.23.